The van der Waals surface area contributed by atoms with Gasteiger partial charge in [-0.15, -0.1) is 0 Å². The van der Waals surface area contributed by atoms with E-state index in [-0.39, 0.29) is 43.9 Å². The van der Waals surface area contributed by atoms with E-state index in [1.165, 1.54) is 12.1 Å². The van der Waals surface area contributed by atoms with Gasteiger partial charge in [-0.25, -0.2) is 0 Å². The van der Waals surface area contributed by atoms with Crippen LogP contribution in [0.5, 0.6) is 5.75 Å². The van der Waals surface area contributed by atoms with Crippen molar-refractivity contribution in [2.75, 3.05) is 6.54 Å². The molecule has 0 aliphatic carbocycles. The van der Waals surface area contributed by atoms with Crippen molar-refractivity contribution in [2.45, 2.75) is 63.7 Å². The predicted molar refractivity (Wildman–Crippen MR) is 182 cm³/mol. The Balaban J connectivity index is 1.93. The number of amides is 5. The van der Waals surface area contributed by atoms with Gasteiger partial charge in [0, 0.05) is 19.3 Å². The Morgan fingerprint density at radius 2 is 1.12 bits per heavy atom. The second kappa shape index (κ2) is 18.6. The number of primary amides is 1. The molecule has 0 spiro atoms. The van der Waals surface area contributed by atoms with Crippen molar-refractivity contribution in [3.05, 3.63) is 101 Å². The summed E-state index contributed by atoms with van der Waals surface area (Å²) in [7, 11) is 0. The average molecular weight is 670 g/mol. The van der Waals surface area contributed by atoms with E-state index in [1.54, 1.807) is 60.7 Å². The maximum Gasteiger partial charge on any atom is 0.243 e. The van der Waals surface area contributed by atoms with Crippen LogP contribution in [0.15, 0.2) is 78.9 Å². The molecule has 0 saturated carbocycles. The fourth-order valence-corrected chi connectivity index (χ4v) is 5.08. The number of benzene rings is 3. The third kappa shape index (κ3) is 12.4. The molecule has 3 aromatic carbocycles. The van der Waals surface area contributed by atoms with E-state index in [0.717, 1.165) is 5.56 Å². The Labute approximate surface area is 285 Å². The lowest BCUT2D eigenvalue weighted by atomic mass is 9.99. The Morgan fingerprint density at radius 3 is 1.59 bits per heavy atom. The zero-order valence-electron chi connectivity index (χ0n) is 27.5. The number of phenols is 1. The number of rotatable bonds is 17. The summed E-state index contributed by atoms with van der Waals surface area (Å²) in [6, 6.07) is 19.0. The molecule has 0 radical (unpaired) electrons. The molecule has 3 rings (SSSR count). The van der Waals surface area contributed by atoms with Gasteiger partial charge in [-0.3, -0.25) is 24.0 Å². The van der Waals surface area contributed by atoms with Gasteiger partial charge < -0.3 is 37.8 Å². The quantitative estimate of drug-likeness (QED) is 0.108. The predicted octanol–water partition coefficient (Wildman–Crippen LogP) is 0.721. The number of nitriles is 1. The molecule has 13 nitrogen and oxygen atoms in total. The first kappa shape index (κ1) is 37.7. The number of carbonyl (C=O) groups excluding carboxylic acids is 5. The Hall–Kier alpha value is -5.74. The molecule has 9 N–H and O–H groups in total. The fraction of sp³-hybridized carbons (Fsp3) is 0.333. The lowest BCUT2D eigenvalue weighted by Crippen LogP contribution is -2.59. The Bertz CT molecular complexity index is 1620. The van der Waals surface area contributed by atoms with E-state index < -0.39 is 53.7 Å². The molecule has 0 heterocycles. The maximum atomic E-state index is 14.0. The lowest BCUT2D eigenvalue weighted by molar-refractivity contribution is -0.134. The van der Waals surface area contributed by atoms with Crippen LogP contribution in [0.25, 0.3) is 0 Å². The Morgan fingerprint density at radius 1 is 0.673 bits per heavy atom. The van der Waals surface area contributed by atoms with Crippen molar-refractivity contribution in [1.29, 1.82) is 5.26 Å². The standard InChI is InChI=1S/C36H43N7O6/c1-22(2)16-29(40-32(45)21-38)34(47)42-31(18-24-8-10-26(20-37)11-9-24)36(49)43-30(19-25-12-14-27(44)15-13-25)35(48)41-28(33(39)46)17-23-6-4-3-5-7-23/h3-15,22,28-31,44H,16-19,21,38H2,1-2H3,(H2,39,46)(H,40,45)(H,41,48)(H,42,47)(H,43,49). The minimum Gasteiger partial charge on any atom is -0.508 e. The molecule has 0 saturated heterocycles. The van der Waals surface area contributed by atoms with Gasteiger partial charge in [-0.1, -0.05) is 68.4 Å². The van der Waals surface area contributed by atoms with Crippen molar-refractivity contribution >= 4 is 29.5 Å². The topological polar surface area (TPSA) is 230 Å². The second-order valence-corrected chi connectivity index (χ2v) is 12.1. The summed E-state index contributed by atoms with van der Waals surface area (Å²) in [5.74, 6) is -3.34. The van der Waals surface area contributed by atoms with Gasteiger partial charge in [-0.2, -0.15) is 5.26 Å². The van der Waals surface area contributed by atoms with Gasteiger partial charge in [0.25, 0.3) is 0 Å². The smallest absolute Gasteiger partial charge is 0.243 e. The number of carbonyl (C=O) groups is 5. The highest BCUT2D eigenvalue weighted by molar-refractivity contribution is 5.95. The summed E-state index contributed by atoms with van der Waals surface area (Å²) in [5, 5.41) is 29.7. The number of phenolic OH excluding ortho intramolecular Hbond substituents is 1. The van der Waals surface area contributed by atoms with Crippen LogP contribution in [-0.2, 0) is 43.2 Å². The number of nitrogens with two attached hydrogens (primary N) is 2. The average Bonchev–Trinajstić information content (AvgIpc) is 3.08. The molecule has 258 valence electrons. The first-order valence-corrected chi connectivity index (χ1v) is 15.9. The van der Waals surface area contributed by atoms with Gasteiger partial charge >= 0.3 is 0 Å². The van der Waals surface area contributed by atoms with Crippen LogP contribution in [0.4, 0.5) is 0 Å². The number of nitrogens with zero attached hydrogens (tertiary/aromatic N) is 1. The van der Waals surface area contributed by atoms with Gasteiger partial charge in [0.05, 0.1) is 18.2 Å². The number of hydrogen-bond donors (Lipinski definition) is 7. The van der Waals surface area contributed by atoms with Crippen molar-refractivity contribution in [3.8, 4) is 11.8 Å². The van der Waals surface area contributed by atoms with Gasteiger partial charge in [0.2, 0.25) is 29.5 Å². The zero-order chi connectivity index (χ0) is 35.9. The highest BCUT2D eigenvalue weighted by atomic mass is 16.3. The molecule has 0 fully saturated rings. The summed E-state index contributed by atoms with van der Waals surface area (Å²) in [4.78, 5) is 65.8. The molecule has 5 amide bonds. The van der Waals surface area contributed by atoms with Gasteiger partial charge in [0.1, 0.15) is 29.9 Å². The summed E-state index contributed by atoms with van der Waals surface area (Å²) in [5.41, 5.74) is 13.5. The van der Waals surface area contributed by atoms with Gasteiger partial charge in [-0.05, 0) is 53.3 Å². The van der Waals surface area contributed by atoms with Crippen molar-refractivity contribution < 1.29 is 29.1 Å². The van der Waals surface area contributed by atoms with Crippen molar-refractivity contribution in [3.63, 3.8) is 0 Å². The molecular formula is C36H43N7O6. The summed E-state index contributed by atoms with van der Waals surface area (Å²) < 4.78 is 0. The van der Waals surface area contributed by atoms with Gasteiger partial charge in [0.15, 0.2) is 0 Å². The van der Waals surface area contributed by atoms with E-state index >= 15 is 0 Å². The highest BCUT2D eigenvalue weighted by Crippen LogP contribution is 2.14. The van der Waals surface area contributed by atoms with Crippen molar-refractivity contribution in [2.24, 2.45) is 17.4 Å². The molecule has 13 heteroatoms. The van der Waals surface area contributed by atoms with Crippen LogP contribution in [0.2, 0.25) is 0 Å². The van der Waals surface area contributed by atoms with E-state index in [4.69, 9.17) is 11.5 Å². The Kier molecular flexibility index (Phi) is 14.3. The van der Waals surface area contributed by atoms with Crippen LogP contribution in [0, 0.1) is 17.2 Å². The monoisotopic (exact) mass is 669 g/mol. The minimum absolute atomic E-state index is 0.00657. The summed E-state index contributed by atoms with van der Waals surface area (Å²) >= 11 is 0. The van der Waals surface area contributed by atoms with Crippen LogP contribution >= 0.6 is 0 Å². The number of hydrogen-bond acceptors (Lipinski definition) is 8. The molecule has 0 aliphatic heterocycles. The normalized spacial score (nSPS) is 13.2. The van der Waals surface area contributed by atoms with Crippen LogP contribution in [-0.4, -0.2) is 65.4 Å². The minimum atomic E-state index is -1.24. The third-order valence-corrected chi connectivity index (χ3v) is 7.65. The number of aromatic hydroxyl groups is 1. The summed E-state index contributed by atoms with van der Waals surface area (Å²) in [6.45, 7) is 3.42. The molecule has 4 atom stereocenters. The molecule has 49 heavy (non-hydrogen) atoms. The fourth-order valence-electron chi connectivity index (χ4n) is 5.08. The largest absolute Gasteiger partial charge is 0.508 e. The summed E-state index contributed by atoms with van der Waals surface area (Å²) in [6.07, 6.45) is 0.332. The lowest BCUT2D eigenvalue weighted by Gasteiger charge is -2.27. The second-order valence-electron chi connectivity index (χ2n) is 12.1. The first-order valence-electron chi connectivity index (χ1n) is 15.9. The van der Waals surface area contributed by atoms with E-state index in [9.17, 15) is 34.3 Å². The number of nitrogens with one attached hydrogen (secondary N) is 4. The van der Waals surface area contributed by atoms with Crippen molar-refractivity contribution in [1.82, 2.24) is 21.3 Å². The molecule has 0 aromatic heterocycles. The first-order chi connectivity index (χ1) is 23.4. The highest BCUT2D eigenvalue weighted by Gasteiger charge is 2.31. The van der Waals surface area contributed by atoms with E-state index in [1.807, 2.05) is 26.0 Å². The third-order valence-electron chi connectivity index (χ3n) is 7.65. The van der Waals surface area contributed by atoms with Crippen LogP contribution < -0.4 is 32.7 Å². The SMILES string of the molecule is CC(C)CC(NC(=O)CN)C(=O)NC(Cc1ccc(C#N)cc1)C(=O)NC(Cc1ccc(O)cc1)C(=O)NC(Cc1ccccc1)C(N)=O. The molecule has 0 aliphatic rings. The molecule has 4 unspecified atom stereocenters. The maximum absolute atomic E-state index is 14.0. The molecular weight excluding hydrogens is 626 g/mol. The molecule has 3 aromatic rings. The van der Waals surface area contributed by atoms with Crippen LogP contribution in [0.1, 0.15) is 42.5 Å². The zero-order valence-corrected chi connectivity index (χ0v) is 27.5. The van der Waals surface area contributed by atoms with Crippen LogP contribution in [0.3, 0.4) is 0 Å². The molecule has 0 bridgehead atoms. The van der Waals surface area contributed by atoms with E-state index in [2.05, 4.69) is 21.3 Å². The van der Waals surface area contributed by atoms with E-state index in [0.29, 0.717) is 16.7 Å².